The highest BCUT2D eigenvalue weighted by Crippen LogP contribution is 2.46. The van der Waals surface area contributed by atoms with Crippen molar-refractivity contribution in [2.75, 3.05) is 39.6 Å². The van der Waals surface area contributed by atoms with Crippen molar-refractivity contribution in [2.45, 2.75) is 172 Å². The van der Waals surface area contributed by atoms with Gasteiger partial charge in [0.15, 0.2) is 63.4 Å². The van der Waals surface area contributed by atoms with Crippen molar-refractivity contribution in [2.24, 2.45) is 0 Å². The molecule has 22 heteroatoms. The second-order valence-electron chi connectivity index (χ2n) is 29.8. The van der Waals surface area contributed by atoms with Crippen LogP contribution in [0.5, 0.6) is 34.5 Å². The SMILES string of the molecule is Cc1ccc(C(OC[C@H]2O[C@@H](OCCc3ccc(O[Si](C)(C)C(C)(C)C)c(O[Si](C)(C)C(C)(C)C)c3)[C@H](OC(=O)COc3ccccc3)[C@@H](O[C@@H]3O[C@@H](C)[C@H](OC(=O)COc4ccccc4)[C@@H](OC(=O)COc4ccccc4)[C@H]3OC(=O)COc3ccccc3)[C@@H]2O)(c2ccccc2)c2ccc(C)cc2)cc1. The summed E-state index contributed by atoms with van der Waals surface area (Å²) in [7, 11) is -4.88. The second kappa shape index (κ2) is 36.0. The van der Waals surface area contributed by atoms with Crippen LogP contribution in [0.3, 0.4) is 0 Å². The first-order valence-electron chi connectivity index (χ1n) is 36.2. The molecule has 0 bridgehead atoms. The zero-order valence-corrected chi connectivity index (χ0v) is 65.2. The summed E-state index contributed by atoms with van der Waals surface area (Å²) in [6.45, 7) is 24.2. The molecule has 0 radical (unpaired) electrons. The number of hydrogen-bond acceptors (Lipinski definition) is 20. The van der Waals surface area contributed by atoms with E-state index in [0.717, 1.165) is 33.4 Å². The van der Waals surface area contributed by atoms with Gasteiger partial charge in [-0.2, -0.15) is 0 Å². The van der Waals surface area contributed by atoms with E-state index in [9.17, 15) is 24.3 Å². The number of carbonyl (C=O) groups excluding carboxylic acids is 4. The summed E-state index contributed by atoms with van der Waals surface area (Å²) >= 11 is 0. The fraction of sp³-hybridized carbons (Fsp3) is 0.388. The fourth-order valence-corrected chi connectivity index (χ4v) is 13.7. The number of esters is 4. The summed E-state index contributed by atoms with van der Waals surface area (Å²) < 4.78 is 98.2. The summed E-state index contributed by atoms with van der Waals surface area (Å²) in [5.74, 6) is -1.27. The predicted molar refractivity (Wildman–Crippen MR) is 408 cm³/mol. The maximum Gasteiger partial charge on any atom is 0.344 e. The third-order valence-corrected chi connectivity index (χ3v) is 28.4. The molecule has 10 atom stereocenters. The molecular weight excluding hydrogens is 1400 g/mol. The zero-order valence-electron chi connectivity index (χ0n) is 63.2. The number of carbonyl (C=O) groups is 4. The van der Waals surface area contributed by atoms with Crippen molar-refractivity contribution in [3.63, 3.8) is 0 Å². The quantitative estimate of drug-likeness (QED) is 0.0179. The smallest absolute Gasteiger partial charge is 0.344 e. The van der Waals surface area contributed by atoms with Gasteiger partial charge < -0.3 is 75.5 Å². The van der Waals surface area contributed by atoms with Crippen LogP contribution >= 0.6 is 0 Å². The van der Waals surface area contributed by atoms with Gasteiger partial charge in [-0.1, -0.05) is 210 Å². The average Bonchev–Trinajstić information content (AvgIpc) is 0.756. The van der Waals surface area contributed by atoms with Crippen LogP contribution < -0.4 is 27.8 Å². The van der Waals surface area contributed by atoms with Gasteiger partial charge in [-0.05, 0) is 146 Å². The molecule has 0 unspecified atom stereocenters. The van der Waals surface area contributed by atoms with Crippen molar-refractivity contribution in [3.8, 4) is 34.5 Å². The topological polar surface area (TPSA) is 227 Å². The molecular formula is C85H100O20Si2. The molecule has 2 aliphatic heterocycles. The first-order valence-corrected chi connectivity index (χ1v) is 42.0. The number of aliphatic hydroxyl groups excluding tert-OH is 1. The van der Waals surface area contributed by atoms with Crippen molar-refractivity contribution in [1.29, 1.82) is 0 Å². The van der Waals surface area contributed by atoms with Crippen molar-refractivity contribution >= 4 is 40.5 Å². The molecule has 0 saturated carbocycles. The second-order valence-corrected chi connectivity index (χ2v) is 39.2. The van der Waals surface area contributed by atoms with Crippen molar-refractivity contribution in [3.05, 3.63) is 252 Å². The van der Waals surface area contributed by atoms with E-state index in [1.165, 1.54) is 6.92 Å². The molecule has 2 fully saturated rings. The molecule has 8 aromatic carbocycles. The van der Waals surface area contributed by atoms with Crippen LogP contribution in [0.4, 0.5) is 0 Å². The van der Waals surface area contributed by atoms with Crippen LogP contribution in [0.15, 0.2) is 218 Å². The van der Waals surface area contributed by atoms with Gasteiger partial charge in [-0.3, -0.25) is 0 Å². The Morgan fingerprint density at radius 3 is 1.22 bits per heavy atom. The number of para-hydroxylation sites is 4. The summed E-state index contributed by atoms with van der Waals surface area (Å²) in [4.78, 5) is 57.9. The zero-order chi connectivity index (χ0) is 76.5. The van der Waals surface area contributed by atoms with Crippen LogP contribution in [0.1, 0.15) is 81.8 Å². The minimum Gasteiger partial charge on any atom is -0.541 e. The van der Waals surface area contributed by atoms with E-state index in [0.29, 0.717) is 34.5 Å². The van der Waals surface area contributed by atoms with Crippen LogP contribution in [-0.4, -0.2) is 147 Å². The highest BCUT2D eigenvalue weighted by atomic mass is 28.4. The van der Waals surface area contributed by atoms with E-state index in [-0.39, 0.29) is 23.1 Å². The van der Waals surface area contributed by atoms with Crippen molar-refractivity contribution in [1.82, 2.24) is 0 Å². The van der Waals surface area contributed by atoms with Gasteiger partial charge in [0.05, 0.1) is 19.3 Å². The third kappa shape index (κ3) is 21.3. The molecule has 0 amide bonds. The molecule has 2 aliphatic rings. The van der Waals surface area contributed by atoms with Crippen LogP contribution in [-0.2, 0) is 73.8 Å². The average molecular weight is 1500 g/mol. The Balaban J connectivity index is 1.08. The van der Waals surface area contributed by atoms with Crippen LogP contribution in [0, 0.1) is 13.8 Å². The number of hydrogen-bond donors (Lipinski definition) is 1. The number of aliphatic hydroxyl groups is 1. The number of aryl methyl sites for hydroxylation is 2. The summed E-state index contributed by atoms with van der Waals surface area (Å²) in [5, 5.41) is 13.3. The molecule has 8 aromatic rings. The molecule has 0 spiro atoms. The number of benzene rings is 8. The fourth-order valence-electron chi connectivity index (χ4n) is 11.7. The highest BCUT2D eigenvalue weighted by molar-refractivity contribution is 6.75. The number of rotatable bonds is 32. The Kier molecular flexibility index (Phi) is 27.0. The van der Waals surface area contributed by atoms with E-state index in [4.69, 9.17) is 70.4 Å². The van der Waals surface area contributed by atoms with Crippen molar-refractivity contribution < 1.29 is 94.7 Å². The normalized spacial score (nSPS) is 20.5. The van der Waals surface area contributed by atoms with Gasteiger partial charge in [0, 0.05) is 0 Å². The Hall–Kier alpha value is -9.37. The molecule has 0 aliphatic carbocycles. The maximum atomic E-state index is 14.7. The van der Waals surface area contributed by atoms with Gasteiger partial charge in [-0.15, -0.1) is 0 Å². The molecule has 1 N–H and O–H groups in total. The van der Waals surface area contributed by atoms with Crippen LogP contribution in [0.25, 0.3) is 0 Å². The first kappa shape index (κ1) is 80.2. The molecule has 2 saturated heterocycles. The Morgan fingerprint density at radius 1 is 0.430 bits per heavy atom. The summed E-state index contributed by atoms with van der Waals surface area (Å²) in [5.41, 5.74) is 3.65. The van der Waals surface area contributed by atoms with Gasteiger partial charge in [-0.25, -0.2) is 19.2 Å². The largest absolute Gasteiger partial charge is 0.541 e. The summed E-state index contributed by atoms with van der Waals surface area (Å²) in [6, 6.07) is 65.7. The molecule has 0 aromatic heterocycles. The lowest BCUT2D eigenvalue weighted by Crippen LogP contribution is -2.66. The minimum absolute atomic E-state index is 0.0962. The molecule has 2 heterocycles. The van der Waals surface area contributed by atoms with E-state index in [1.807, 2.05) is 111 Å². The van der Waals surface area contributed by atoms with E-state index in [1.54, 1.807) is 121 Å². The van der Waals surface area contributed by atoms with E-state index >= 15 is 0 Å². The van der Waals surface area contributed by atoms with Gasteiger partial charge in [0.1, 0.15) is 58.4 Å². The van der Waals surface area contributed by atoms with Crippen LogP contribution in [0.2, 0.25) is 36.3 Å². The lowest BCUT2D eigenvalue weighted by atomic mass is 9.79. The third-order valence-electron chi connectivity index (χ3n) is 19.7. The molecule has 107 heavy (non-hydrogen) atoms. The standard InChI is InChI=1S/C85H100O20Si2/c1-57-39-44-62(45-40-57)85(61-29-19-14-20-30-61,63-46-41-58(2)42-47-63)96-52-70-75(90)77(79(101-73(88)55-94-66-35-25-17-26-36-66)81(98-70)91-50-49-60-43-48-68(104-106(10,11)83(4,5)6)69(51-60)105-107(12,13)84(7,8)9)103-82-80(102-74(89)56-95-67-37-27-18-28-38-67)78(100-72(87)54-93-65-33-23-16-24-34-65)76(59(3)97-82)99-71(86)53-92-64-31-21-15-22-32-64/h14-48,51,59,70,75-82,90H,49-50,52-56H2,1-13H3/t59-,70+,75+,76-,77-,78+,79+,80+,81+,82-/m0/s1. The Bertz CT molecular complexity index is 4090. The molecule has 10 rings (SSSR count). The first-order chi connectivity index (χ1) is 51.0. The van der Waals surface area contributed by atoms with Gasteiger partial charge in [0.25, 0.3) is 16.6 Å². The molecule has 568 valence electrons. The minimum atomic E-state index is -2.48. The van der Waals surface area contributed by atoms with E-state index < -0.39 is 141 Å². The molecule has 20 nitrogen and oxygen atoms in total. The predicted octanol–water partition coefficient (Wildman–Crippen LogP) is 14.8. The Labute approximate surface area is 629 Å². The van der Waals surface area contributed by atoms with Gasteiger partial charge in [0.2, 0.25) is 0 Å². The lowest BCUT2D eigenvalue weighted by Gasteiger charge is -2.48. The van der Waals surface area contributed by atoms with E-state index in [2.05, 4.69) is 67.7 Å². The van der Waals surface area contributed by atoms with Gasteiger partial charge >= 0.3 is 23.9 Å². The lowest BCUT2D eigenvalue weighted by molar-refractivity contribution is -0.360. The maximum absolute atomic E-state index is 14.7. The Morgan fingerprint density at radius 2 is 0.804 bits per heavy atom. The highest BCUT2D eigenvalue weighted by Gasteiger charge is 2.57. The monoisotopic (exact) mass is 1500 g/mol. The summed E-state index contributed by atoms with van der Waals surface area (Å²) in [6.07, 6.45) is -16.6. The number of ether oxygens (including phenoxy) is 13.